The van der Waals surface area contributed by atoms with Crippen LogP contribution in [-0.2, 0) is 16.0 Å². The molecule has 0 unspecified atom stereocenters. The fraction of sp³-hybridized carbons (Fsp3) is 0.148. The number of thiocarbonyl (C=S) groups is 1. The molecule has 0 radical (unpaired) electrons. The van der Waals surface area contributed by atoms with Crippen LogP contribution in [0.3, 0.4) is 0 Å². The van der Waals surface area contributed by atoms with E-state index in [1.807, 2.05) is 55.5 Å². The number of nitrogens with zero attached hydrogens (tertiary/aromatic N) is 1. The second-order valence-electron chi connectivity index (χ2n) is 7.91. The molecule has 1 aliphatic heterocycles. The minimum absolute atomic E-state index is 0.130. The van der Waals surface area contributed by atoms with E-state index in [9.17, 15) is 9.59 Å². The Hall–Kier alpha value is -3.13. The van der Waals surface area contributed by atoms with Crippen molar-refractivity contribution >= 4 is 69.2 Å². The standard InChI is InChI=1S/C27H23ClN2O3S2/c1-3-18-8-10-20(11-9-18)29-25(31)16-33-22-6-4-5-19(13-22)14-24-26(32)30(27(34)35-24)21-12-7-17(2)23(28)15-21/h4-15H,3,16H2,1-2H3,(H,29,31)/b24-14-. The van der Waals surface area contributed by atoms with E-state index >= 15 is 0 Å². The first kappa shape index (κ1) is 25.0. The summed E-state index contributed by atoms with van der Waals surface area (Å²) in [5.74, 6) is 0.0630. The zero-order valence-electron chi connectivity index (χ0n) is 19.2. The lowest BCUT2D eigenvalue weighted by molar-refractivity contribution is -0.118. The van der Waals surface area contributed by atoms with Gasteiger partial charge in [-0.1, -0.05) is 72.8 Å². The maximum Gasteiger partial charge on any atom is 0.270 e. The van der Waals surface area contributed by atoms with E-state index in [4.69, 9.17) is 28.6 Å². The monoisotopic (exact) mass is 522 g/mol. The number of hydrogen-bond donors (Lipinski definition) is 1. The number of benzene rings is 3. The van der Waals surface area contributed by atoms with Crippen LogP contribution < -0.4 is 15.0 Å². The van der Waals surface area contributed by atoms with Gasteiger partial charge in [-0.2, -0.15) is 0 Å². The lowest BCUT2D eigenvalue weighted by Gasteiger charge is -2.15. The molecule has 1 fully saturated rings. The Morgan fingerprint density at radius 2 is 1.91 bits per heavy atom. The molecule has 0 saturated carbocycles. The zero-order chi connectivity index (χ0) is 24.9. The Morgan fingerprint density at radius 3 is 2.63 bits per heavy atom. The smallest absolute Gasteiger partial charge is 0.270 e. The Labute approximate surface area is 219 Å². The average Bonchev–Trinajstić information content (AvgIpc) is 3.13. The molecule has 0 aromatic heterocycles. The fourth-order valence-electron chi connectivity index (χ4n) is 3.43. The number of carbonyl (C=O) groups excluding carboxylic acids is 2. The minimum Gasteiger partial charge on any atom is -0.484 e. The van der Waals surface area contributed by atoms with Crippen LogP contribution in [0.5, 0.6) is 5.75 Å². The zero-order valence-corrected chi connectivity index (χ0v) is 21.6. The number of rotatable bonds is 7. The van der Waals surface area contributed by atoms with Gasteiger partial charge in [0, 0.05) is 10.7 Å². The first-order valence-corrected chi connectivity index (χ1v) is 12.6. The van der Waals surface area contributed by atoms with Crippen molar-refractivity contribution in [3.63, 3.8) is 0 Å². The van der Waals surface area contributed by atoms with Crippen LogP contribution in [0.1, 0.15) is 23.6 Å². The lowest BCUT2D eigenvalue weighted by atomic mass is 10.1. The summed E-state index contributed by atoms with van der Waals surface area (Å²) in [7, 11) is 0. The highest BCUT2D eigenvalue weighted by Crippen LogP contribution is 2.37. The highest BCUT2D eigenvalue weighted by atomic mass is 35.5. The van der Waals surface area contributed by atoms with Crippen LogP contribution in [0.4, 0.5) is 11.4 Å². The molecule has 1 saturated heterocycles. The topological polar surface area (TPSA) is 58.6 Å². The van der Waals surface area contributed by atoms with Gasteiger partial charge < -0.3 is 10.1 Å². The summed E-state index contributed by atoms with van der Waals surface area (Å²) in [6, 6.07) is 20.3. The highest BCUT2D eigenvalue weighted by molar-refractivity contribution is 8.27. The van der Waals surface area contributed by atoms with Crippen LogP contribution in [0.2, 0.25) is 5.02 Å². The molecule has 0 atom stereocenters. The molecule has 2 amide bonds. The van der Waals surface area contributed by atoms with Gasteiger partial charge >= 0.3 is 0 Å². The maximum absolute atomic E-state index is 13.1. The van der Waals surface area contributed by atoms with E-state index in [1.54, 1.807) is 24.3 Å². The minimum atomic E-state index is -0.253. The van der Waals surface area contributed by atoms with E-state index in [0.717, 1.165) is 23.2 Å². The van der Waals surface area contributed by atoms with Crippen molar-refractivity contribution in [2.75, 3.05) is 16.8 Å². The molecule has 0 bridgehead atoms. The van der Waals surface area contributed by atoms with Crippen LogP contribution in [0.15, 0.2) is 71.6 Å². The third-order valence-corrected chi connectivity index (χ3v) is 7.09. The third kappa shape index (κ3) is 6.11. The average molecular weight is 523 g/mol. The molecule has 0 aliphatic carbocycles. The summed E-state index contributed by atoms with van der Waals surface area (Å²) in [5, 5.41) is 3.40. The van der Waals surface area contributed by atoms with E-state index in [-0.39, 0.29) is 18.4 Å². The summed E-state index contributed by atoms with van der Waals surface area (Å²) in [6.45, 7) is 3.85. The number of hydrogen-bond acceptors (Lipinski definition) is 5. The number of anilines is 2. The number of ether oxygens (including phenoxy) is 1. The second kappa shape index (κ2) is 11.1. The van der Waals surface area contributed by atoms with Gasteiger partial charge in [-0.05, 0) is 72.5 Å². The normalized spacial score (nSPS) is 14.5. The molecule has 0 spiro atoms. The first-order valence-electron chi connectivity index (χ1n) is 11.0. The fourth-order valence-corrected chi connectivity index (χ4v) is 4.90. The lowest BCUT2D eigenvalue weighted by Crippen LogP contribution is -2.27. The van der Waals surface area contributed by atoms with Crippen molar-refractivity contribution in [3.05, 3.63) is 93.3 Å². The first-order chi connectivity index (χ1) is 16.8. The van der Waals surface area contributed by atoms with Crippen LogP contribution in [0, 0.1) is 6.92 Å². The summed E-state index contributed by atoms with van der Waals surface area (Å²) in [6.07, 6.45) is 2.70. The molecule has 3 aromatic carbocycles. The SMILES string of the molecule is CCc1ccc(NC(=O)COc2cccc(/C=C3\SC(=S)N(c4ccc(C)c(Cl)c4)C3=O)c2)cc1. The molecule has 4 rings (SSSR count). The predicted molar refractivity (Wildman–Crippen MR) is 148 cm³/mol. The number of nitrogens with one attached hydrogen (secondary N) is 1. The van der Waals surface area contributed by atoms with E-state index in [0.29, 0.717) is 25.7 Å². The van der Waals surface area contributed by atoms with Gasteiger partial charge in [-0.3, -0.25) is 14.5 Å². The van der Waals surface area contributed by atoms with Crippen molar-refractivity contribution in [3.8, 4) is 5.75 Å². The molecule has 8 heteroatoms. The third-order valence-electron chi connectivity index (χ3n) is 5.38. The number of amides is 2. The van der Waals surface area contributed by atoms with Crippen molar-refractivity contribution in [2.24, 2.45) is 0 Å². The molecular formula is C27H23ClN2O3S2. The molecular weight excluding hydrogens is 500 g/mol. The second-order valence-corrected chi connectivity index (χ2v) is 9.99. The molecule has 1 aliphatic rings. The Morgan fingerprint density at radius 1 is 1.14 bits per heavy atom. The number of halogens is 1. The highest BCUT2D eigenvalue weighted by Gasteiger charge is 2.33. The van der Waals surface area contributed by atoms with E-state index in [2.05, 4.69) is 12.2 Å². The number of aryl methyl sites for hydroxylation is 2. The quantitative estimate of drug-likeness (QED) is 0.278. The molecule has 35 heavy (non-hydrogen) atoms. The number of thioether (sulfide) groups is 1. The summed E-state index contributed by atoms with van der Waals surface area (Å²) < 4.78 is 6.11. The van der Waals surface area contributed by atoms with Crippen molar-refractivity contribution in [1.29, 1.82) is 0 Å². The van der Waals surface area contributed by atoms with Crippen molar-refractivity contribution < 1.29 is 14.3 Å². The van der Waals surface area contributed by atoms with Gasteiger partial charge in [0.25, 0.3) is 11.8 Å². The van der Waals surface area contributed by atoms with Crippen molar-refractivity contribution in [1.82, 2.24) is 0 Å². The molecule has 3 aromatic rings. The largest absolute Gasteiger partial charge is 0.484 e. The van der Waals surface area contributed by atoms with E-state index in [1.165, 1.54) is 22.2 Å². The van der Waals surface area contributed by atoms with Crippen LogP contribution in [0.25, 0.3) is 6.08 Å². The van der Waals surface area contributed by atoms with Crippen LogP contribution in [-0.4, -0.2) is 22.7 Å². The summed E-state index contributed by atoms with van der Waals surface area (Å²) >= 11 is 12.9. The van der Waals surface area contributed by atoms with Crippen molar-refractivity contribution in [2.45, 2.75) is 20.3 Å². The van der Waals surface area contributed by atoms with Crippen LogP contribution >= 0.6 is 35.6 Å². The molecule has 1 heterocycles. The molecule has 1 N–H and O–H groups in total. The Balaban J connectivity index is 1.41. The molecule has 5 nitrogen and oxygen atoms in total. The number of carbonyl (C=O) groups is 2. The molecule has 178 valence electrons. The summed E-state index contributed by atoms with van der Waals surface area (Å²) in [4.78, 5) is 27.3. The van der Waals surface area contributed by atoms with Gasteiger partial charge in [0.05, 0.1) is 10.6 Å². The summed E-state index contributed by atoms with van der Waals surface area (Å²) in [5.41, 5.74) is 4.26. The Kier molecular flexibility index (Phi) is 7.90. The van der Waals surface area contributed by atoms with Gasteiger partial charge in [0.2, 0.25) is 0 Å². The maximum atomic E-state index is 13.1. The van der Waals surface area contributed by atoms with E-state index < -0.39 is 0 Å². The van der Waals surface area contributed by atoms with Gasteiger partial charge in [0.15, 0.2) is 10.9 Å². The Bertz CT molecular complexity index is 1320. The van der Waals surface area contributed by atoms with Gasteiger partial charge in [-0.25, -0.2) is 0 Å². The predicted octanol–water partition coefficient (Wildman–Crippen LogP) is 6.63. The van der Waals surface area contributed by atoms with Gasteiger partial charge in [-0.15, -0.1) is 0 Å². The van der Waals surface area contributed by atoms with Gasteiger partial charge in [0.1, 0.15) is 5.75 Å².